The highest BCUT2D eigenvalue weighted by Crippen LogP contribution is 2.29. The van der Waals surface area contributed by atoms with E-state index in [1.807, 2.05) is 45.3 Å². The van der Waals surface area contributed by atoms with Crippen molar-refractivity contribution in [3.63, 3.8) is 0 Å². The van der Waals surface area contributed by atoms with Crippen LogP contribution in [-0.2, 0) is 12.0 Å². The zero-order valence-electron chi connectivity index (χ0n) is 19.2. The van der Waals surface area contributed by atoms with E-state index >= 15 is 0 Å². The van der Waals surface area contributed by atoms with E-state index in [1.54, 1.807) is 17.7 Å². The number of carbonyl (C=O) groups is 1. The van der Waals surface area contributed by atoms with Crippen molar-refractivity contribution in [1.29, 1.82) is 0 Å². The molecule has 0 N–H and O–H groups in total. The van der Waals surface area contributed by atoms with Gasteiger partial charge in [0, 0.05) is 31.6 Å². The van der Waals surface area contributed by atoms with Gasteiger partial charge in [-0.15, -0.1) is 11.3 Å². The van der Waals surface area contributed by atoms with Crippen molar-refractivity contribution in [3.05, 3.63) is 71.1 Å². The smallest absolute Gasteiger partial charge is 0.272 e. The fraction of sp³-hybridized carbons (Fsp3) is 0.360. The summed E-state index contributed by atoms with van der Waals surface area (Å²) in [6.45, 7) is 9.75. The second-order valence-electron chi connectivity index (χ2n) is 9.42. The molecule has 8 heteroatoms. The van der Waals surface area contributed by atoms with Crippen LogP contribution in [0.4, 0.5) is 5.82 Å². The molecule has 0 saturated carbocycles. The highest BCUT2D eigenvalue weighted by molar-refractivity contribution is 7.17. The number of rotatable bonds is 4. The lowest BCUT2D eigenvalue weighted by Gasteiger charge is -2.35. The molecule has 0 atom stereocenters. The molecular formula is C25H28N6OS. The van der Waals surface area contributed by atoms with Gasteiger partial charge in [-0.2, -0.15) is 5.10 Å². The van der Waals surface area contributed by atoms with E-state index in [1.165, 1.54) is 0 Å². The zero-order chi connectivity index (χ0) is 23.0. The van der Waals surface area contributed by atoms with Crippen molar-refractivity contribution in [3.8, 4) is 0 Å². The van der Waals surface area contributed by atoms with E-state index in [9.17, 15) is 4.79 Å². The number of nitrogens with zero attached hydrogens (tertiary/aromatic N) is 6. The lowest BCUT2D eigenvalue weighted by atomic mass is 9.92. The molecule has 1 aliphatic heterocycles. The molecule has 1 fully saturated rings. The van der Waals surface area contributed by atoms with Crippen LogP contribution in [0.25, 0.3) is 10.2 Å². The van der Waals surface area contributed by atoms with Gasteiger partial charge < -0.3 is 9.80 Å². The Morgan fingerprint density at radius 3 is 2.52 bits per heavy atom. The van der Waals surface area contributed by atoms with Gasteiger partial charge in [-0.25, -0.2) is 9.97 Å². The molecule has 7 nitrogen and oxygen atoms in total. The molecule has 1 aromatic carbocycles. The van der Waals surface area contributed by atoms with E-state index in [-0.39, 0.29) is 11.3 Å². The summed E-state index contributed by atoms with van der Waals surface area (Å²) >= 11 is 1.66. The molecule has 3 aromatic heterocycles. The predicted octanol–water partition coefficient (Wildman–Crippen LogP) is 4.20. The van der Waals surface area contributed by atoms with Gasteiger partial charge in [0.05, 0.1) is 22.5 Å². The van der Waals surface area contributed by atoms with Gasteiger partial charge in [0.15, 0.2) is 0 Å². The number of aromatic nitrogens is 4. The van der Waals surface area contributed by atoms with Gasteiger partial charge in [-0.1, -0.05) is 51.1 Å². The summed E-state index contributed by atoms with van der Waals surface area (Å²) in [5.74, 6) is 1.00. The first kappa shape index (κ1) is 21.6. The first-order valence-corrected chi connectivity index (χ1v) is 12.1. The van der Waals surface area contributed by atoms with E-state index in [0.29, 0.717) is 25.3 Å². The lowest BCUT2D eigenvalue weighted by molar-refractivity contribution is 0.0734. The SMILES string of the molecule is CC(C)(C)c1cc(C(=O)N2CCN(c3ncnc4ccsc34)CC2)n(Cc2ccccc2)n1. The third-order valence-electron chi connectivity index (χ3n) is 6.03. The average molecular weight is 461 g/mol. The highest BCUT2D eigenvalue weighted by Gasteiger charge is 2.29. The quantitative estimate of drug-likeness (QED) is 0.457. The Hall–Kier alpha value is -3.26. The van der Waals surface area contributed by atoms with Crippen molar-refractivity contribution >= 4 is 33.3 Å². The average Bonchev–Trinajstić information content (AvgIpc) is 3.46. The van der Waals surface area contributed by atoms with Crippen LogP contribution in [0.15, 0.2) is 54.2 Å². The van der Waals surface area contributed by atoms with Crippen LogP contribution in [0, 0.1) is 0 Å². The Morgan fingerprint density at radius 2 is 1.79 bits per heavy atom. The zero-order valence-corrected chi connectivity index (χ0v) is 20.0. The summed E-state index contributed by atoms with van der Waals surface area (Å²) in [7, 11) is 0. The Bertz CT molecular complexity index is 1270. The molecular weight excluding hydrogens is 432 g/mol. The third-order valence-corrected chi connectivity index (χ3v) is 6.93. The number of thiophene rings is 1. The molecule has 0 aliphatic carbocycles. The molecule has 170 valence electrons. The number of carbonyl (C=O) groups excluding carboxylic acids is 1. The number of fused-ring (bicyclic) bond motifs is 1. The van der Waals surface area contributed by atoms with Gasteiger partial charge in [0.2, 0.25) is 0 Å². The van der Waals surface area contributed by atoms with Gasteiger partial charge in [-0.05, 0) is 23.1 Å². The van der Waals surface area contributed by atoms with Crippen LogP contribution in [0.5, 0.6) is 0 Å². The van der Waals surface area contributed by atoms with Crippen LogP contribution >= 0.6 is 11.3 Å². The van der Waals surface area contributed by atoms with Crippen LogP contribution in [-0.4, -0.2) is 56.7 Å². The van der Waals surface area contributed by atoms with Crippen molar-refractivity contribution < 1.29 is 4.79 Å². The maximum absolute atomic E-state index is 13.6. The highest BCUT2D eigenvalue weighted by atomic mass is 32.1. The summed E-state index contributed by atoms with van der Waals surface area (Å²) in [5, 5.41) is 6.87. The molecule has 4 aromatic rings. The molecule has 0 bridgehead atoms. The lowest BCUT2D eigenvalue weighted by Crippen LogP contribution is -2.49. The second-order valence-corrected chi connectivity index (χ2v) is 10.3. The van der Waals surface area contributed by atoms with Crippen molar-refractivity contribution in [2.24, 2.45) is 0 Å². The van der Waals surface area contributed by atoms with Gasteiger partial charge in [-0.3, -0.25) is 9.48 Å². The largest absolute Gasteiger partial charge is 0.352 e. The number of benzene rings is 1. The fourth-order valence-corrected chi connectivity index (χ4v) is 4.98. The minimum atomic E-state index is -0.130. The summed E-state index contributed by atoms with van der Waals surface area (Å²) in [5.41, 5.74) is 3.56. The molecule has 1 saturated heterocycles. The summed E-state index contributed by atoms with van der Waals surface area (Å²) < 4.78 is 2.97. The molecule has 1 aliphatic rings. The number of amides is 1. The Kier molecular flexibility index (Phi) is 5.62. The van der Waals surface area contributed by atoms with E-state index in [0.717, 1.165) is 40.4 Å². The maximum atomic E-state index is 13.6. The molecule has 4 heterocycles. The topological polar surface area (TPSA) is 67.2 Å². The van der Waals surface area contributed by atoms with Crippen LogP contribution in [0.3, 0.4) is 0 Å². The number of hydrogen-bond acceptors (Lipinski definition) is 6. The monoisotopic (exact) mass is 460 g/mol. The second kappa shape index (κ2) is 8.59. The Labute approximate surface area is 197 Å². The van der Waals surface area contributed by atoms with E-state index < -0.39 is 0 Å². The van der Waals surface area contributed by atoms with Gasteiger partial charge >= 0.3 is 0 Å². The normalized spacial score (nSPS) is 14.8. The predicted molar refractivity (Wildman–Crippen MR) is 132 cm³/mol. The van der Waals surface area contributed by atoms with Crippen LogP contribution < -0.4 is 4.90 Å². The van der Waals surface area contributed by atoms with Crippen molar-refractivity contribution in [2.75, 3.05) is 31.1 Å². The summed E-state index contributed by atoms with van der Waals surface area (Å²) in [4.78, 5) is 26.7. The summed E-state index contributed by atoms with van der Waals surface area (Å²) in [6, 6.07) is 14.2. The molecule has 5 rings (SSSR count). The van der Waals surface area contributed by atoms with Crippen LogP contribution in [0.1, 0.15) is 42.5 Å². The fourth-order valence-electron chi connectivity index (χ4n) is 4.12. The molecule has 0 spiro atoms. The van der Waals surface area contributed by atoms with E-state index in [4.69, 9.17) is 5.10 Å². The third kappa shape index (κ3) is 4.35. The number of hydrogen-bond donors (Lipinski definition) is 0. The van der Waals surface area contributed by atoms with Gasteiger partial charge in [0.1, 0.15) is 17.8 Å². The first-order chi connectivity index (χ1) is 15.9. The minimum absolute atomic E-state index is 0.0394. The Morgan fingerprint density at radius 1 is 1.03 bits per heavy atom. The molecule has 1 amide bonds. The number of anilines is 1. The Balaban J connectivity index is 1.36. The van der Waals surface area contributed by atoms with Crippen molar-refractivity contribution in [2.45, 2.75) is 32.7 Å². The molecule has 33 heavy (non-hydrogen) atoms. The summed E-state index contributed by atoms with van der Waals surface area (Å²) in [6.07, 6.45) is 1.62. The van der Waals surface area contributed by atoms with Crippen molar-refractivity contribution in [1.82, 2.24) is 24.6 Å². The van der Waals surface area contributed by atoms with E-state index in [2.05, 4.69) is 47.8 Å². The van der Waals surface area contributed by atoms with Crippen LogP contribution in [0.2, 0.25) is 0 Å². The van der Waals surface area contributed by atoms with Gasteiger partial charge in [0.25, 0.3) is 5.91 Å². The molecule has 0 radical (unpaired) electrons. The minimum Gasteiger partial charge on any atom is -0.352 e. The number of piperazine rings is 1. The maximum Gasteiger partial charge on any atom is 0.272 e. The first-order valence-electron chi connectivity index (χ1n) is 11.2. The molecule has 0 unspecified atom stereocenters. The standard InChI is InChI=1S/C25H28N6OS/c1-25(2,3)21-15-20(31(28-21)16-18-7-5-4-6-8-18)24(32)30-12-10-29(11-13-30)23-22-19(9-14-33-22)26-17-27-23/h4-9,14-15,17H,10-13,16H2,1-3H3.